The minimum absolute atomic E-state index is 0.592. The van der Waals surface area contributed by atoms with Crippen LogP contribution in [0.5, 0.6) is 0 Å². The predicted molar refractivity (Wildman–Crippen MR) is 48.5 cm³/mol. The van der Waals surface area contributed by atoms with Crippen LogP contribution >= 0.6 is 15.9 Å². The van der Waals surface area contributed by atoms with Crippen LogP contribution in [0.1, 0.15) is 5.56 Å². The van der Waals surface area contributed by atoms with Crippen molar-refractivity contribution < 1.29 is 0 Å². The third-order valence-corrected chi connectivity index (χ3v) is 1.98. The topological polar surface area (TPSA) is 52.5 Å². The van der Waals surface area contributed by atoms with Crippen LogP contribution in [0, 0.1) is 11.3 Å². The molecule has 0 fully saturated rings. The number of para-hydroxylation sites is 1. The summed E-state index contributed by atoms with van der Waals surface area (Å²) in [6.45, 7) is 0. The zero-order valence-electron chi connectivity index (χ0n) is 6.00. The van der Waals surface area contributed by atoms with Crippen molar-refractivity contribution in [3.05, 3.63) is 28.5 Å². The Kier molecular flexibility index (Phi) is 1.59. The van der Waals surface area contributed by atoms with E-state index in [9.17, 15) is 0 Å². The molecule has 0 amide bonds. The van der Waals surface area contributed by atoms with Crippen LogP contribution in [0.4, 0.5) is 0 Å². The van der Waals surface area contributed by atoms with Gasteiger partial charge in [0.25, 0.3) is 0 Å². The maximum Gasteiger partial charge on any atom is 0.175 e. The highest BCUT2D eigenvalue weighted by molar-refractivity contribution is 9.10. The predicted octanol–water partition coefficient (Wildman–Crippen LogP) is 2.20. The van der Waals surface area contributed by atoms with Gasteiger partial charge in [0.1, 0.15) is 11.6 Å². The van der Waals surface area contributed by atoms with Crippen molar-refractivity contribution in [1.82, 2.24) is 9.97 Å². The first-order chi connectivity index (χ1) is 5.81. The Morgan fingerprint density at radius 1 is 1.50 bits per heavy atom. The molecule has 1 aromatic carbocycles. The molecule has 2 rings (SSSR count). The van der Waals surface area contributed by atoms with Crippen molar-refractivity contribution in [3.8, 4) is 6.07 Å². The van der Waals surface area contributed by atoms with E-state index in [2.05, 4.69) is 32.0 Å². The Bertz CT molecular complexity index is 467. The molecule has 0 spiro atoms. The molecule has 1 heterocycles. The number of rotatable bonds is 0. The first-order valence-electron chi connectivity index (χ1n) is 3.35. The molecule has 0 saturated carbocycles. The second-order valence-electron chi connectivity index (χ2n) is 2.34. The standard InChI is InChI=1S/C8H4BrN3/c9-8-11-6-3-1-2-5(4-10)7(6)12-8/h1-3H,(H,11,12). The lowest BCUT2D eigenvalue weighted by molar-refractivity contribution is 1.27. The van der Waals surface area contributed by atoms with Gasteiger partial charge in [-0.15, -0.1) is 0 Å². The fourth-order valence-electron chi connectivity index (χ4n) is 1.09. The van der Waals surface area contributed by atoms with Crippen molar-refractivity contribution >= 4 is 27.0 Å². The molecule has 2 aromatic rings. The second-order valence-corrected chi connectivity index (χ2v) is 3.09. The molecule has 1 aromatic heterocycles. The zero-order chi connectivity index (χ0) is 8.55. The van der Waals surface area contributed by atoms with E-state index in [0.717, 1.165) is 5.52 Å². The van der Waals surface area contributed by atoms with Crippen LogP contribution in [-0.4, -0.2) is 9.97 Å². The molecule has 1 N–H and O–H groups in total. The Morgan fingerprint density at radius 3 is 3.08 bits per heavy atom. The Morgan fingerprint density at radius 2 is 2.33 bits per heavy atom. The lowest BCUT2D eigenvalue weighted by Gasteiger charge is -1.87. The number of hydrogen-bond acceptors (Lipinski definition) is 2. The molecule has 0 aliphatic carbocycles. The number of benzene rings is 1. The molecule has 3 nitrogen and oxygen atoms in total. The Labute approximate surface area is 77.2 Å². The largest absolute Gasteiger partial charge is 0.332 e. The monoisotopic (exact) mass is 221 g/mol. The number of hydrogen-bond donors (Lipinski definition) is 1. The van der Waals surface area contributed by atoms with Crippen LogP contribution in [-0.2, 0) is 0 Å². The highest BCUT2D eigenvalue weighted by atomic mass is 79.9. The summed E-state index contributed by atoms with van der Waals surface area (Å²) in [6.07, 6.45) is 0. The van der Waals surface area contributed by atoms with Crippen LogP contribution < -0.4 is 0 Å². The van der Waals surface area contributed by atoms with Crippen LogP contribution in [0.3, 0.4) is 0 Å². The van der Waals surface area contributed by atoms with Gasteiger partial charge in [-0.05, 0) is 28.1 Å². The van der Waals surface area contributed by atoms with E-state index in [1.54, 1.807) is 6.07 Å². The number of fused-ring (bicyclic) bond motifs is 1. The second kappa shape index (κ2) is 2.61. The fraction of sp³-hybridized carbons (Fsp3) is 0. The molecule has 4 heteroatoms. The molecule has 0 radical (unpaired) electrons. The number of aromatic amines is 1. The molecule has 0 atom stereocenters. The summed E-state index contributed by atoms with van der Waals surface area (Å²) < 4.78 is 0.653. The van der Waals surface area contributed by atoms with E-state index in [0.29, 0.717) is 15.8 Å². The van der Waals surface area contributed by atoms with E-state index in [-0.39, 0.29) is 0 Å². The van der Waals surface area contributed by atoms with Gasteiger partial charge >= 0.3 is 0 Å². The first kappa shape index (κ1) is 7.32. The van der Waals surface area contributed by atoms with Gasteiger partial charge in [-0.2, -0.15) is 5.26 Å². The Hall–Kier alpha value is -1.34. The van der Waals surface area contributed by atoms with Gasteiger partial charge in [0, 0.05) is 0 Å². The van der Waals surface area contributed by atoms with E-state index in [1.807, 2.05) is 12.1 Å². The number of aromatic nitrogens is 2. The quantitative estimate of drug-likeness (QED) is 0.742. The van der Waals surface area contributed by atoms with Gasteiger partial charge in [-0.25, -0.2) is 4.98 Å². The number of nitriles is 1. The average molecular weight is 222 g/mol. The first-order valence-corrected chi connectivity index (χ1v) is 4.15. The van der Waals surface area contributed by atoms with Crippen molar-refractivity contribution in [2.24, 2.45) is 0 Å². The lowest BCUT2D eigenvalue weighted by atomic mass is 10.2. The molecule has 0 aliphatic rings. The van der Waals surface area contributed by atoms with E-state index in [1.165, 1.54) is 0 Å². The molecule has 58 valence electrons. The van der Waals surface area contributed by atoms with Crippen molar-refractivity contribution in [2.45, 2.75) is 0 Å². The highest BCUT2D eigenvalue weighted by Crippen LogP contribution is 2.17. The summed E-state index contributed by atoms with van der Waals surface area (Å²) in [6, 6.07) is 7.53. The van der Waals surface area contributed by atoms with Crippen molar-refractivity contribution in [2.75, 3.05) is 0 Å². The van der Waals surface area contributed by atoms with Crippen molar-refractivity contribution in [3.63, 3.8) is 0 Å². The number of nitrogens with zero attached hydrogens (tertiary/aromatic N) is 2. The van der Waals surface area contributed by atoms with Crippen molar-refractivity contribution in [1.29, 1.82) is 5.26 Å². The Balaban J connectivity index is 2.89. The fourth-order valence-corrected chi connectivity index (χ4v) is 1.48. The normalized spacial score (nSPS) is 10.0. The molecule has 0 saturated heterocycles. The van der Waals surface area contributed by atoms with Crippen LogP contribution in [0.15, 0.2) is 22.9 Å². The number of H-pyrrole nitrogens is 1. The van der Waals surface area contributed by atoms with E-state index in [4.69, 9.17) is 5.26 Å². The summed E-state index contributed by atoms with van der Waals surface area (Å²) in [4.78, 5) is 7.11. The average Bonchev–Trinajstić information content (AvgIpc) is 2.44. The van der Waals surface area contributed by atoms with Gasteiger partial charge in [-0.1, -0.05) is 6.07 Å². The maximum absolute atomic E-state index is 8.73. The van der Waals surface area contributed by atoms with E-state index < -0.39 is 0 Å². The van der Waals surface area contributed by atoms with Crippen LogP contribution in [0.25, 0.3) is 11.0 Å². The molecule has 0 bridgehead atoms. The number of nitrogens with one attached hydrogen (secondary N) is 1. The summed E-state index contributed by atoms with van der Waals surface area (Å²) in [5.41, 5.74) is 2.18. The summed E-state index contributed by atoms with van der Waals surface area (Å²) in [5, 5.41) is 8.73. The van der Waals surface area contributed by atoms with E-state index >= 15 is 0 Å². The maximum atomic E-state index is 8.73. The molecular formula is C8H4BrN3. The van der Waals surface area contributed by atoms with Gasteiger partial charge in [0.15, 0.2) is 4.73 Å². The van der Waals surface area contributed by atoms with Gasteiger partial charge in [0.05, 0.1) is 11.1 Å². The van der Waals surface area contributed by atoms with Crippen LogP contribution in [0.2, 0.25) is 0 Å². The smallest absolute Gasteiger partial charge is 0.175 e. The lowest BCUT2D eigenvalue weighted by Crippen LogP contribution is -1.76. The minimum atomic E-state index is 0.592. The zero-order valence-corrected chi connectivity index (χ0v) is 7.59. The molecule has 12 heavy (non-hydrogen) atoms. The minimum Gasteiger partial charge on any atom is -0.332 e. The summed E-state index contributed by atoms with van der Waals surface area (Å²) in [7, 11) is 0. The molecule has 0 unspecified atom stereocenters. The van der Waals surface area contributed by atoms with Gasteiger partial charge in [-0.3, -0.25) is 0 Å². The van der Waals surface area contributed by atoms with Gasteiger partial charge < -0.3 is 4.98 Å². The highest BCUT2D eigenvalue weighted by Gasteiger charge is 2.03. The summed E-state index contributed by atoms with van der Waals surface area (Å²) >= 11 is 3.21. The summed E-state index contributed by atoms with van der Waals surface area (Å²) in [5.74, 6) is 0. The molecule has 0 aliphatic heterocycles. The number of imidazole rings is 1. The number of halogens is 1. The third kappa shape index (κ3) is 0.990. The van der Waals surface area contributed by atoms with Gasteiger partial charge in [0.2, 0.25) is 0 Å². The third-order valence-electron chi connectivity index (χ3n) is 1.60. The molecular weight excluding hydrogens is 218 g/mol. The SMILES string of the molecule is N#Cc1cccc2[nH]c(Br)nc12.